The van der Waals surface area contributed by atoms with Crippen molar-refractivity contribution in [1.82, 2.24) is 20.1 Å². The molecule has 30 heavy (non-hydrogen) atoms. The molecule has 0 radical (unpaired) electrons. The number of Topliss-reactive ketones (excluding diaryl/α,β-unsaturated/α-hetero) is 1. The molecule has 9 nitrogen and oxygen atoms in total. The fraction of sp³-hybridized carbons (Fsp3) is 0.238. The predicted molar refractivity (Wildman–Crippen MR) is 108 cm³/mol. The summed E-state index contributed by atoms with van der Waals surface area (Å²) < 4.78 is 1.77. The summed E-state index contributed by atoms with van der Waals surface area (Å²) in [5, 5.41) is 14.3. The molecule has 0 saturated carbocycles. The first-order chi connectivity index (χ1) is 14.3. The topological polar surface area (TPSA) is 121 Å². The van der Waals surface area contributed by atoms with Crippen molar-refractivity contribution in [2.75, 3.05) is 7.05 Å². The van der Waals surface area contributed by atoms with Gasteiger partial charge in [0.1, 0.15) is 0 Å². The van der Waals surface area contributed by atoms with Gasteiger partial charge in [-0.3, -0.25) is 14.4 Å². The van der Waals surface area contributed by atoms with Crippen molar-refractivity contribution in [2.24, 2.45) is 0 Å². The van der Waals surface area contributed by atoms with E-state index in [1.54, 1.807) is 29.8 Å². The molecule has 1 aromatic carbocycles. The van der Waals surface area contributed by atoms with E-state index in [-0.39, 0.29) is 6.42 Å². The summed E-state index contributed by atoms with van der Waals surface area (Å²) in [5.74, 6) is -2.18. The first-order valence-corrected chi connectivity index (χ1v) is 9.28. The number of carboxylic acids is 1. The SMILES string of the molecule is CC1=CN(C)C(=O)C(NC(=O)NC(CC(=O)O)c2cccn2-c2ccccc2)C1=O. The second kappa shape index (κ2) is 8.64. The third kappa shape index (κ3) is 4.40. The van der Waals surface area contributed by atoms with Crippen LogP contribution in [0.3, 0.4) is 0 Å². The van der Waals surface area contributed by atoms with E-state index < -0.39 is 35.8 Å². The number of carboxylic acid groups (broad SMARTS) is 1. The predicted octanol–water partition coefficient (Wildman–Crippen LogP) is 1.61. The monoisotopic (exact) mass is 410 g/mol. The average molecular weight is 410 g/mol. The number of nitrogens with one attached hydrogen (secondary N) is 2. The van der Waals surface area contributed by atoms with Gasteiger partial charge in [0, 0.05) is 36.4 Å². The Morgan fingerprint density at radius 2 is 1.83 bits per heavy atom. The summed E-state index contributed by atoms with van der Waals surface area (Å²) in [4.78, 5) is 49.8. The maximum atomic E-state index is 12.6. The highest BCUT2D eigenvalue weighted by atomic mass is 16.4. The van der Waals surface area contributed by atoms with Gasteiger partial charge < -0.3 is 25.2 Å². The van der Waals surface area contributed by atoms with Crippen LogP contribution in [-0.2, 0) is 14.4 Å². The molecule has 3 amide bonds. The van der Waals surface area contributed by atoms with Crippen molar-refractivity contribution >= 4 is 23.7 Å². The number of hydrogen-bond donors (Lipinski definition) is 3. The number of amides is 3. The van der Waals surface area contributed by atoms with Gasteiger partial charge in [-0.2, -0.15) is 0 Å². The minimum Gasteiger partial charge on any atom is -0.481 e. The summed E-state index contributed by atoms with van der Waals surface area (Å²) in [6.45, 7) is 1.55. The molecule has 0 aliphatic carbocycles. The first-order valence-electron chi connectivity index (χ1n) is 9.28. The fourth-order valence-electron chi connectivity index (χ4n) is 3.33. The molecule has 0 bridgehead atoms. The minimum absolute atomic E-state index is 0.336. The minimum atomic E-state index is -1.36. The fourth-order valence-corrected chi connectivity index (χ4v) is 3.33. The number of ketones is 1. The average Bonchev–Trinajstić information content (AvgIpc) is 3.19. The zero-order valence-corrected chi connectivity index (χ0v) is 16.5. The number of carbonyl (C=O) groups is 4. The van der Waals surface area contributed by atoms with Gasteiger partial charge in [0.15, 0.2) is 11.8 Å². The van der Waals surface area contributed by atoms with Gasteiger partial charge in [-0.25, -0.2) is 4.79 Å². The lowest BCUT2D eigenvalue weighted by Crippen LogP contribution is -2.56. The molecule has 1 aliphatic rings. The van der Waals surface area contributed by atoms with Crippen LogP contribution < -0.4 is 10.6 Å². The Morgan fingerprint density at radius 1 is 1.13 bits per heavy atom. The molecule has 0 spiro atoms. The molecule has 0 fully saturated rings. The molecule has 156 valence electrons. The highest BCUT2D eigenvalue weighted by Crippen LogP contribution is 2.22. The molecule has 9 heteroatoms. The van der Waals surface area contributed by atoms with Crippen LogP contribution in [-0.4, -0.2) is 51.4 Å². The zero-order chi connectivity index (χ0) is 21.8. The third-order valence-electron chi connectivity index (χ3n) is 4.76. The normalized spacial score (nSPS) is 17.3. The molecule has 2 heterocycles. The Kier molecular flexibility index (Phi) is 6.01. The van der Waals surface area contributed by atoms with Gasteiger partial charge in [-0.05, 0) is 31.2 Å². The van der Waals surface area contributed by atoms with Crippen molar-refractivity contribution in [3.8, 4) is 5.69 Å². The van der Waals surface area contributed by atoms with Crippen molar-refractivity contribution < 1.29 is 24.3 Å². The van der Waals surface area contributed by atoms with Crippen molar-refractivity contribution in [1.29, 1.82) is 0 Å². The zero-order valence-electron chi connectivity index (χ0n) is 16.5. The molecule has 1 aliphatic heterocycles. The van der Waals surface area contributed by atoms with Crippen molar-refractivity contribution in [3.05, 3.63) is 66.1 Å². The third-order valence-corrected chi connectivity index (χ3v) is 4.76. The van der Waals surface area contributed by atoms with Gasteiger partial charge >= 0.3 is 12.0 Å². The Hall–Kier alpha value is -3.88. The largest absolute Gasteiger partial charge is 0.481 e. The van der Waals surface area contributed by atoms with E-state index >= 15 is 0 Å². The van der Waals surface area contributed by atoms with Gasteiger partial charge in [0.2, 0.25) is 0 Å². The van der Waals surface area contributed by atoms with E-state index in [0.29, 0.717) is 11.3 Å². The summed E-state index contributed by atoms with van der Waals surface area (Å²) >= 11 is 0. The number of nitrogens with zero attached hydrogens (tertiary/aromatic N) is 2. The lowest BCUT2D eigenvalue weighted by Gasteiger charge is -2.27. The second-order valence-electron chi connectivity index (χ2n) is 6.97. The van der Waals surface area contributed by atoms with E-state index in [1.165, 1.54) is 18.1 Å². The Balaban J connectivity index is 1.81. The van der Waals surface area contributed by atoms with Crippen LogP contribution in [0.4, 0.5) is 4.79 Å². The Labute approximate surface area is 173 Å². The van der Waals surface area contributed by atoms with Crippen LogP contribution >= 0.6 is 0 Å². The maximum absolute atomic E-state index is 12.6. The molecular formula is C21H22N4O5. The van der Waals surface area contributed by atoms with Gasteiger partial charge in [0.25, 0.3) is 5.91 Å². The number of benzene rings is 1. The molecule has 3 N–H and O–H groups in total. The van der Waals surface area contributed by atoms with Gasteiger partial charge in [-0.15, -0.1) is 0 Å². The lowest BCUT2D eigenvalue weighted by molar-refractivity contribution is -0.138. The van der Waals surface area contributed by atoms with E-state index in [2.05, 4.69) is 10.6 Å². The molecule has 2 atom stereocenters. The standard InChI is InChI=1S/C21H22N4O5/c1-13-12-24(2)20(29)18(19(13)28)23-21(30)22-15(11-17(26)27)16-9-6-10-25(16)14-7-4-3-5-8-14/h3-10,12,15,18H,11H2,1-2H3,(H,26,27)(H2,22,23,30). The Morgan fingerprint density at radius 3 is 2.50 bits per heavy atom. The number of carbonyl (C=O) groups excluding carboxylic acids is 3. The molecule has 3 rings (SSSR count). The van der Waals surface area contributed by atoms with Crippen molar-refractivity contribution in [2.45, 2.75) is 25.4 Å². The first kappa shape index (κ1) is 20.8. The molecule has 2 unspecified atom stereocenters. The summed E-state index contributed by atoms with van der Waals surface area (Å²) in [6.07, 6.45) is 2.78. The van der Waals surface area contributed by atoms with Crippen LogP contribution in [0.25, 0.3) is 5.69 Å². The lowest BCUT2D eigenvalue weighted by atomic mass is 10.0. The molecule has 1 aromatic heterocycles. The van der Waals surface area contributed by atoms with Gasteiger partial charge in [0.05, 0.1) is 12.5 Å². The number of para-hydroxylation sites is 1. The number of urea groups is 1. The van der Waals surface area contributed by atoms with Crippen LogP contribution in [0.1, 0.15) is 25.1 Å². The number of likely N-dealkylation sites (N-methyl/N-ethyl adjacent to an activating group) is 1. The van der Waals surface area contributed by atoms with Crippen molar-refractivity contribution in [3.63, 3.8) is 0 Å². The number of rotatable bonds is 6. The van der Waals surface area contributed by atoms with E-state index in [0.717, 1.165) is 5.69 Å². The highest BCUT2D eigenvalue weighted by Gasteiger charge is 2.35. The summed E-state index contributed by atoms with van der Waals surface area (Å²) in [6, 6.07) is 9.66. The van der Waals surface area contributed by atoms with Crippen LogP contribution in [0.5, 0.6) is 0 Å². The van der Waals surface area contributed by atoms with Crippen LogP contribution in [0.2, 0.25) is 0 Å². The van der Waals surface area contributed by atoms with E-state index in [9.17, 15) is 24.3 Å². The second-order valence-corrected chi connectivity index (χ2v) is 6.97. The summed E-state index contributed by atoms with van der Waals surface area (Å²) in [7, 11) is 1.49. The number of aromatic nitrogens is 1. The molecular weight excluding hydrogens is 388 g/mol. The smallest absolute Gasteiger partial charge is 0.316 e. The Bertz CT molecular complexity index is 1010. The highest BCUT2D eigenvalue weighted by molar-refractivity contribution is 6.16. The quantitative estimate of drug-likeness (QED) is 0.625. The van der Waals surface area contributed by atoms with E-state index in [4.69, 9.17) is 0 Å². The maximum Gasteiger partial charge on any atom is 0.316 e. The molecule has 2 aromatic rings. The van der Waals surface area contributed by atoms with E-state index in [1.807, 2.05) is 30.3 Å². The summed E-state index contributed by atoms with van der Waals surface area (Å²) in [5.41, 5.74) is 1.69. The molecule has 0 saturated heterocycles. The van der Waals surface area contributed by atoms with Crippen LogP contribution in [0, 0.1) is 0 Å². The van der Waals surface area contributed by atoms with Gasteiger partial charge in [-0.1, -0.05) is 18.2 Å². The number of aliphatic carboxylic acids is 1. The van der Waals surface area contributed by atoms with Crippen LogP contribution in [0.15, 0.2) is 60.4 Å². The number of hydrogen-bond acceptors (Lipinski definition) is 4.